The molecule has 5 heteroatoms. The Hall–Kier alpha value is -3.44. The van der Waals surface area contributed by atoms with Crippen molar-refractivity contribution in [3.05, 3.63) is 83.2 Å². The van der Waals surface area contributed by atoms with Gasteiger partial charge in [0.15, 0.2) is 0 Å². The van der Waals surface area contributed by atoms with Crippen molar-refractivity contribution in [2.24, 2.45) is 0 Å². The first-order chi connectivity index (χ1) is 14.7. The Kier molecular flexibility index (Phi) is 4.81. The maximum atomic E-state index is 13.6. The smallest absolute Gasteiger partial charge is 0.263 e. The average molecular weight is 397 g/mol. The van der Waals surface area contributed by atoms with Crippen molar-refractivity contribution in [3.8, 4) is 22.3 Å². The molecule has 4 aromatic rings. The van der Waals surface area contributed by atoms with Crippen LogP contribution in [0.2, 0.25) is 0 Å². The van der Waals surface area contributed by atoms with Crippen molar-refractivity contribution in [2.45, 2.75) is 25.5 Å². The largest absolute Gasteiger partial charge is 0.376 e. The molecule has 0 saturated carbocycles. The Balaban J connectivity index is 1.76. The lowest BCUT2D eigenvalue weighted by atomic mass is 9.95. The monoisotopic (exact) mass is 397 g/mol. The van der Waals surface area contributed by atoms with Gasteiger partial charge in [-0.25, -0.2) is 4.98 Å². The van der Waals surface area contributed by atoms with E-state index in [4.69, 9.17) is 10.5 Å². The molecule has 1 aromatic heterocycles. The van der Waals surface area contributed by atoms with Gasteiger partial charge in [-0.2, -0.15) is 0 Å². The van der Waals surface area contributed by atoms with Gasteiger partial charge in [-0.05, 0) is 47.2 Å². The topological polar surface area (TPSA) is 70.1 Å². The van der Waals surface area contributed by atoms with Gasteiger partial charge in [0.2, 0.25) is 5.95 Å². The molecule has 1 aliphatic heterocycles. The fourth-order valence-electron chi connectivity index (χ4n) is 4.17. The number of hydrogen-bond donors (Lipinski definition) is 1. The number of benzene rings is 3. The molecule has 0 spiro atoms. The van der Waals surface area contributed by atoms with Crippen LogP contribution in [-0.4, -0.2) is 22.3 Å². The van der Waals surface area contributed by atoms with Crippen LogP contribution in [0.1, 0.15) is 12.8 Å². The van der Waals surface area contributed by atoms with Gasteiger partial charge in [0.1, 0.15) is 0 Å². The third kappa shape index (κ3) is 3.37. The maximum Gasteiger partial charge on any atom is 0.263 e. The number of nitrogens with zero attached hydrogens (tertiary/aromatic N) is 2. The van der Waals surface area contributed by atoms with Crippen LogP contribution in [0.3, 0.4) is 0 Å². The molecule has 5 nitrogen and oxygen atoms in total. The van der Waals surface area contributed by atoms with Gasteiger partial charge < -0.3 is 10.5 Å². The Labute approximate surface area is 174 Å². The number of ether oxygens (including phenoxy) is 1. The Morgan fingerprint density at radius 2 is 1.67 bits per heavy atom. The van der Waals surface area contributed by atoms with Crippen LogP contribution in [0.25, 0.3) is 33.2 Å². The fraction of sp³-hybridized carbons (Fsp3) is 0.200. The minimum Gasteiger partial charge on any atom is -0.376 e. The van der Waals surface area contributed by atoms with E-state index in [1.807, 2.05) is 54.6 Å². The number of anilines is 1. The highest BCUT2D eigenvalue weighted by molar-refractivity contribution is 5.98. The number of hydrogen-bond acceptors (Lipinski definition) is 4. The molecule has 0 aliphatic carbocycles. The van der Waals surface area contributed by atoms with Gasteiger partial charge in [-0.1, -0.05) is 60.7 Å². The zero-order valence-electron chi connectivity index (χ0n) is 16.6. The van der Waals surface area contributed by atoms with Gasteiger partial charge in [0, 0.05) is 6.61 Å². The molecule has 1 saturated heterocycles. The normalized spacial score (nSPS) is 16.2. The summed E-state index contributed by atoms with van der Waals surface area (Å²) < 4.78 is 7.29. The lowest BCUT2D eigenvalue weighted by Gasteiger charge is -2.17. The highest BCUT2D eigenvalue weighted by Crippen LogP contribution is 2.32. The maximum absolute atomic E-state index is 13.6. The lowest BCUT2D eigenvalue weighted by molar-refractivity contribution is 0.0966. The van der Waals surface area contributed by atoms with E-state index in [9.17, 15) is 4.79 Å². The van der Waals surface area contributed by atoms with E-state index >= 15 is 0 Å². The standard InChI is InChI=1S/C25H23N3O2/c26-25-27-22-15-19(17-8-3-1-4-9-17)14-21(18-10-5-2-6-11-18)23(22)24(29)28(25)16-20-12-7-13-30-20/h1-6,8-11,14-15,20H,7,12-13,16H2,(H2,26,27). The van der Waals surface area contributed by atoms with Gasteiger partial charge in [-0.15, -0.1) is 0 Å². The van der Waals surface area contributed by atoms with Crippen LogP contribution >= 0.6 is 0 Å². The summed E-state index contributed by atoms with van der Waals surface area (Å²) in [6.45, 7) is 1.16. The SMILES string of the molecule is Nc1nc2cc(-c3ccccc3)cc(-c3ccccc3)c2c(=O)n1CC1CCCO1. The van der Waals surface area contributed by atoms with E-state index in [-0.39, 0.29) is 17.6 Å². The second kappa shape index (κ2) is 7.76. The van der Waals surface area contributed by atoms with Crippen molar-refractivity contribution in [3.63, 3.8) is 0 Å². The molecule has 3 aromatic carbocycles. The lowest BCUT2D eigenvalue weighted by Crippen LogP contribution is -2.29. The van der Waals surface area contributed by atoms with E-state index in [0.717, 1.165) is 41.7 Å². The molecule has 30 heavy (non-hydrogen) atoms. The summed E-state index contributed by atoms with van der Waals surface area (Å²) in [7, 11) is 0. The molecule has 1 fully saturated rings. The third-order valence-electron chi connectivity index (χ3n) is 5.69. The molecule has 2 heterocycles. The number of nitrogens with two attached hydrogens (primary N) is 1. The predicted octanol–water partition coefficient (Wildman–Crippen LogP) is 4.49. The summed E-state index contributed by atoms with van der Waals surface area (Å²) in [4.78, 5) is 18.2. The minimum atomic E-state index is -0.119. The van der Waals surface area contributed by atoms with Crippen molar-refractivity contribution in [1.29, 1.82) is 0 Å². The Morgan fingerprint density at radius 1 is 0.967 bits per heavy atom. The second-order valence-electron chi connectivity index (χ2n) is 7.67. The van der Waals surface area contributed by atoms with Crippen LogP contribution in [-0.2, 0) is 11.3 Å². The molecule has 1 unspecified atom stereocenters. The molecule has 0 amide bonds. The summed E-state index contributed by atoms with van der Waals surface area (Å²) >= 11 is 0. The van der Waals surface area contributed by atoms with E-state index in [1.54, 1.807) is 4.57 Å². The van der Waals surface area contributed by atoms with Crippen LogP contribution in [0.5, 0.6) is 0 Å². The molecular weight excluding hydrogens is 374 g/mol. The van der Waals surface area contributed by atoms with E-state index in [1.165, 1.54) is 0 Å². The molecule has 0 bridgehead atoms. The average Bonchev–Trinajstić information content (AvgIpc) is 3.30. The van der Waals surface area contributed by atoms with Crippen LogP contribution in [0.4, 0.5) is 5.95 Å². The highest BCUT2D eigenvalue weighted by Gasteiger charge is 2.21. The molecule has 2 N–H and O–H groups in total. The zero-order chi connectivity index (χ0) is 20.5. The van der Waals surface area contributed by atoms with E-state index in [2.05, 4.69) is 23.2 Å². The number of rotatable bonds is 4. The van der Waals surface area contributed by atoms with Crippen molar-refractivity contribution >= 4 is 16.9 Å². The van der Waals surface area contributed by atoms with E-state index in [0.29, 0.717) is 17.4 Å². The number of fused-ring (bicyclic) bond motifs is 1. The Morgan fingerprint density at radius 3 is 2.33 bits per heavy atom. The van der Waals surface area contributed by atoms with E-state index < -0.39 is 0 Å². The summed E-state index contributed by atoms with van der Waals surface area (Å²) in [6, 6.07) is 24.1. The zero-order valence-corrected chi connectivity index (χ0v) is 16.6. The minimum absolute atomic E-state index is 0.00742. The second-order valence-corrected chi connectivity index (χ2v) is 7.67. The highest BCUT2D eigenvalue weighted by atomic mass is 16.5. The quantitative estimate of drug-likeness (QED) is 0.551. The predicted molar refractivity (Wildman–Crippen MR) is 120 cm³/mol. The Bertz CT molecular complexity index is 1240. The van der Waals surface area contributed by atoms with Gasteiger partial charge in [0.25, 0.3) is 5.56 Å². The van der Waals surface area contributed by atoms with Gasteiger partial charge in [-0.3, -0.25) is 9.36 Å². The fourth-order valence-corrected chi connectivity index (χ4v) is 4.17. The van der Waals surface area contributed by atoms with Crippen LogP contribution in [0, 0.1) is 0 Å². The van der Waals surface area contributed by atoms with Crippen LogP contribution < -0.4 is 11.3 Å². The molecule has 150 valence electrons. The number of aromatic nitrogens is 2. The van der Waals surface area contributed by atoms with Crippen molar-refractivity contribution in [2.75, 3.05) is 12.3 Å². The summed E-state index contributed by atoms with van der Waals surface area (Å²) in [5.41, 5.74) is 10.7. The van der Waals surface area contributed by atoms with Crippen molar-refractivity contribution in [1.82, 2.24) is 9.55 Å². The molecule has 5 rings (SSSR count). The van der Waals surface area contributed by atoms with Crippen LogP contribution in [0.15, 0.2) is 77.6 Å². The number of nitrogen functional groups attached to an aromatic ring is 1. The van der Waals surface area contributed by atoms with Gasteiger partial charge >= 0.3 is 0 Å². The van der Waals surface area contributed by atoms with Crippen molar-refractivity contribution < 1.29 is 4.74 Å². The third-order valence-corrected chi connectivity index (χ3v) is 5.69. The summed E-state index contributed by atoms with van der Waals surface area (Å²) in [5, 5.41) is 0.591. The molecule has 0 radical (unpaired) electrons. The first-order valence-electron chi connectivity index (χ1n) is 10.3. The van der Waals surface area contributed by atoms with Gasteiger partial charge in [0.05, 0.1) is 23.6 Å². The summed E-state index contributed by atoms with van der Waals surface area (Å²) in [5.74, 6) is 0.229. The molecular formula is C25H23N3O2. The first-order valence-corrected chi connectivity index (χ1v) is 10.3. The first kappa shape index (κ1) is 18.6. The summed E-state index contributed by atoms with van der Waals surface area (Å²) in [6.07, 6.45) is 1.95. The molecule has 1 atom stereocenters. The molecule has 1 aliphatic rings.